The molecule has 0 bridgehead atoms. The van der Waals surface area contributed by atoms with E-state index < -0.39 is 15.9 Å². The molecule has 0 atom stereocenters. The summed E-state index contributed by atoms with van der Waals surface area (Å²) < 4.78 is 28.9. The molecule has 10 heteroatoms. The number of anilines is 1. The lowest BCUT2D eigenvalue weighted by atomic mass is 10.4. The lowest BCUT2D eigenvalue weighted by molar-refractivity contribution is -0.118. The van der Waals surface area contributed by atoms with Gasteiger partial charge in [-0.1, -0.05) is 0 Å². The van der Waals surface area contributed by atoms with Crippen LogP contribution in [0, 0.1) is 6.92 Å². The number of primary amides is 1. The first-order chi connectivity index (χ1) is 9.28. The first-order valence-corrected chi connectivity index (χ1v) is 8.47. The maximum absolute atomic E-state index is 12.1. The molecule has 108 valence electrons. The van der Waals surface area contributed by atoms with Crippen LogP contribution >= 0.6 is 27.3 Å². The number of hydrogen-bond donors (Lipinski definition) is 2. The van der Waals surface area contributed by atoms with Crippen molar-refractivity contribution in [1.29, 1.82) is 0 Å². The van der Waals surface area contributed by atoms with Gasteiger partial charge in [-0.3, -0.25) is 14.2 Å². The van der Waals surface area contributed by atoms with Crippen molar-refractivity contribution in [2.75, 3.05) is 4.72 Å². The molecule has 0 aromatic carbocycles. The molecule has 3 N–H and O–H groups in total. The van der Waals surface area contributed by atoms with Gasteiger partial charge in [0.25, 0.3) is 10.0 Å². The second-order valence-electron chi connectivity index (χ2n) is 4.02. The van der Waals surface area contributed by atoms with Crippen molar-refractivity contribution in [3.05, 3.63) is 27.8 Å². The van der Waals surface area contributed by atoms with Gasteiger partial charge < -0.3 is 5.73 Å². The fraction of sp³-hybridized carbons (Fsp3) is 0.200. The molecule has 0 saturated heterocycles. The van der Waals surface area contributed by atoms with Crippen LogP contribution in [0.15, 0.2) is 26.5 Å². The summed E-state index contributed by atoms with van der Waals surface area (Å²) in [6, 6.07) is 1.57. The van der Waals surface area contributed by atoms with Crippen LogP contribution in [0.5, 0.6) is 0 Å². The van der Waals surface area contributed by atoms with Crippen LogP contribution in [0.4, 0.5) is 5.69 Å². The molecular formula is C10H11BrN4O3S2. The zero-order valence-electron chi connectivity index (χ0n) is 10.3. The fourth-order valence-corrected chi connectivity index (χ4v) is 4.69. The van der Waals surface area contributed by atoms with Crippen LogP contribution in [-0.2, 0) is 21.4 Å². The second-order valence-corrected chi connectivity index (χ2v) is 8.30. The molecule has 1 amide bonds. The Bertz CT molecular complexity index is 731. The highest BCUT2D eigenvalue weighted by molar-refractivity contribution is 9.11. The van der Waals surface area contributed by atoms with Gasteiger partial charge in [0.05, 0.1) is 15.7 Å². The Hall–Kier alpha value is -1.39. The van der Waals surface area contributed by atoms with Gasteiger partial charge in [-0.05, 0) is 34.5 Å². The number of rotatable bonds is 5. The quantitative estimate of drug-likeness (QED) is 0.817. The molecule has 2 rings (SSSR count). The van der Waals surface area contributed by atoms with Crippen LogP contribution in [0.3, 0.4) is 0 Å². The topological polar surface area (TPSA) is 107 Å². The molecule has 2 aromatic rings. The number of nitrogens with one attached hydrogen (secondary N) is 1. The number of amides is 1. The molecule has 0 fully saturated rings. The van der Waals surface area contributed by atoms with E-state index in [9.17, 15) is 13.2 Å². The minimum atomic E-state index is -3.66. The van der Waals surface area contributed by atoms with Crippen molar-refractivity contribution in [2.45, 2.75) is 17.7 Å². The van der Waals surface area contributed by atoms with E-state index in [1.807, 2.05) is 6.92 Å². The highest BCUT2D eigenvalue weighted by Gasteiger charge is 2.19. The predicted molar refractivity (Wildman–Crippen MR) is 79.0 cm³/mol. The number of halogens is 1. The van der Waals surface area contributed by atoms with Crippen LogP contribution < -0.4 is 10.5 Å². The summed E-state index contributed by atoms with van der Waals surface area (Å²) in [5.41, 5.74) is 6.15. The predicted octanol–water partition coefficient (Wildman–Crippen LogP) is 1.30. The number of carbonyl (C=O) groups excluding carboxylic acids is 1. The van der Waals surface area contributed by atoms with Gasteiger partial charge in [-0.25, -0.2) is 8.42 Å². The monoisotopic (exact) mass is 378 g/mol. The number of aryl methyl sites for hydroxylation is 1. The third-order valence-corrected chi connectivity index (χ3v) is 6.29. The molecule has 20 heavy (non-hydrogen) atoms. The summed E-state index contributed by atoms with van der Waals surface area (Å²) in [7, 11) is -3.66. The van der Waals surface area contributed by atoms with Crippen molar-refractivity contribution < 1.29 is 13.2 Å². The summed E-state index contributed by atoms with van der Waals surface area (Å²) in [6.07, 6.45) is 2.72. The molecule has 2 heterocycles. The van der Waals surface area contributed by atoms with Crippen LogP contribution in [-0.4, -0.2) is 24.1 Å². The van der Waals surface area contributed by atoms with Crippen molar-refractivity contribution in [3.63, 3.8) is 0 Å². The largest absolute Gasteiger partial charge is 0.368 e. The average Bonchev–Trinajstić information content (AvgIpc) is 2.86. The average molecular weight is 379 g/mol. The third-order valence-electron chi connectivity index (χ3n) is 2.30. The summed E-state index contributed by atoms with van der Waals surface area (Å²) in [4.78, 5) is 10.7. The van der Waals surface area contributed by atoms with Gasteiger partial charge in [0.1, 0.15) is 10.8 Å². The molecule has 2 aromatic heterocycles. The maximum atomic E-state index is 12.1. The highest BCUT2D eigenvalue weighted by Crippen LogP contribution is 2.31. The third kappa shape index (κ3) is 3.38. The van der Waals surface area contributed by atoms with Crippen LogP contribution in [0.2, 0.25) is 0 Å². The van der Waals surface area contributed by atoms with Crippen molar-refractivity contribution in [2.24, 2.45) is 5.73 Å². The Morgan fingerprint density at radius 1 is 1.60 bits per heavy atom. The van der Waals surface area contributed by atoms with E-state index in [2.05, 4.69) is 25.8 Å². The number of sulfonamides is 1. The normalized spacial score (nSPS) is 11.5. The zero-order chi connectivity index (χ0) is 14.9. The Morgan fingerprint density at radius 3 is 2.85 bits per heavy atom. The Kier molecular flexibility index (Phi) is 4.16. The molecule has 0 aliphatic rings. The summed E-state index contributed by atoms with van der Waals surface area (Å²) in [6.45, 7) is 1.70. The zero-order valence-corrected chi connectivity index (χ0v) is 13.5. The standard InChI is InChI=1S/C10H11BrN4O3S2/c1-6-2-9(19-10(6)11)20(17,18)14-7-3-13-15(4-7)5-8(12)16/h2-4,14H,5H2,1H3,(H2,12,16). The van der Waals surface area contributed by atoms with E-state index in [4.69, 9.17) is 5.73 Å². The lowest BCUT2D eigenvalue weighted by Crippen LogP contribution is -2.18. The molecule has 0 aliphatic heterocycles. The van der Waals surface area contributed by atoms with Gasteiger partial charge in [-0.2, -0.15) is 5.10 Å². The number of aromatic nitrogens is 2. The highest BCUT2D eigenvalue weighted by atomic mass is 79.9. The van der Waals surface area contributed by atoms with Gasteiger partial charge in [-0.15, -0.1) is 11.3 Å². The summed E-state index contributed by atoms with van der Waals surface area (Å²) in [5, 5.41) is 3.84. The van der Waals surface area contributed by atoms with E-state index in [-0.39, 0.29) is 16.4 Å². The molecule has 7 nitrogen and oxygen atoms in total. The lowest BCUT2D eigenvalue weighted by Gasteiger charge is -2.02. The summed E-state index contributed by atoms with van der Waals surface area (Å²) in [5.74, 6) is -0.555. The smallest absolute Gasteiger partial charge is 0.271 e. The molecule has 0 spiro atoms. The Labute approximate surface area is 128 Å². The fourth-order valence-electron chi connectivity index (χ4n) is 1.43. The molecular weight excluding hydrogens is 368 g/mol. The van der Waals surface area contributed by atoms with Crippen LogP contribution in [0.25, 0.3) is 0 Å². The molecule has 0 aliphatic carbocycles. The Morgan fingerprint density at radius 2 is 2.30 bits per heavy atom. The number of hydrogen-bond acceptors (Lipinski definition) is 5. The number of nitrogens with zero attached hydrogens (tertiary/aromatic N) is 2. The van der Waals surface area contributed by atoms with E-state index in [0.29, 0.717) is 0 Å². The van der Waals surface area contributed by atoms with E-state index in [1.54, 1.807) is 6.07 Å². The molecule has 0 unspecified atom stereocenters. The number of thiophene rings is 1. The van der Waals surface area contributed by atoms with E-state index >= 15 is 0 Å². The maximum Gasteiger partial charge on any atom is 0.271 e. The SMILES string of the molecule is Cc1cc(S(=O)(=O)Nc2cnn(CC(N)=O)c2)sc1Br. The number of carbonyl (C=O) groups is 1. The van der Waals surface area contributed by atoms with Gasteiger partial charge in [0.2, 0.25) is 5.91 Å². The first-order valence-electron chi connectivity index (χ1n) is 5.37. The van der Waals surface area contributed by atoms with E-state index in [0.717, 1.165) is 20.7 Å². The summed E-state index contributed by atoms with van der Waals surface area (Å²) >= 11 is 4.41. The van der Waals surface area contributed by atoms with Gasteiger partial charge in [0, 0.05) is 6.20 Å². The minimum absolute atomic E-state index is 0.106. The molecule has 0 radical (unpaired) electrons. The van der Waals surface area contributed by atoms with Gasteiger partial charge >= 0.3 is 0 Å². The Balaban J connectivity index is 2.20. The van der Waals surface area contributed by atoms with E-state index in [1.165, 1.54) is 17.1 Å². The van der Waals surface area contributed by atoms with Crippen molar-refractivity contribution >= 4 is 48.9 Å². The van der Waals surface area contributed by atoms with Crippen molar-refractivity contribution in [1.82, 2.24) is 9.78 Å². The second kappa shape index (κ2) is 5.54. The molecule has 0 saturated carbocycles. The van der Waals surface area contributed by atoms with Crippen molar-refractivity contribution in [3.8, 4) is 0 Å². The minimum Gasteiger partial charge on any atom is -0.368 e. The van der Waals surface area contributed by atoms with Gasteiger partial charge in [0.15, 0.2) is 0 Å². The van der Waals surface area contributed by atoms with Crippen LogP contribution in [0.1, 0.15) is 5.56 Å². The number of nitrogens with two attached hydrogens (primary N) is 1. The first kappa shape index (κ1) is 15.0.